The maximum atomic E-state index is 13.2. The van der Waals surface area contributed by atoms with Crippen LogP contribution in [0, 0.1) is 13.8 Å². The molecule has 3 aromatic rings. The number of benzene rings is 3. The topological polar surface area (TPSA) is 81.4 Å². The molecule has 0 spiro atoms. The summed E-state index contributed by atoms with van der Waals surface area (Å²) in [5.74, 6) is 0. The molecule has 0 bridgehead atoms. The van der Waals surface area contributed by atoms with Crippen LogP contribution >= 0.6 is 0 Å². The van der Waals surface area contributed by atoms with E-state index >= 15 is 0 Å². The van der Waals surface area contributed by atoms with Gasteiger partial charge in [-0.2, -0.15) is 0 Å². The Balaban J connectivity index is 1.75. The van der Waals surface area contributed by atoms with E-state index in [9.17, 15) is 8.42 Å². The Morgan fingerprint density at radius 1 is 0.967 bits per heavy atom. The van der Waals surface area contributed by atoms with E-state index in [4.69, 9.17) is 10.5 Å². The van der Waals surface area contributed by atoms with Gasteiger partial charge in [0.2, 0.25) is 10.0 Å². The molecule has 0 unspecified atom stereocenters. The third-order valence-electron chi connectivity index (χ3n) is 5.18. The first-order valence-electron chi connectivity index (χ1n) is 10.2. The Morgan fingerprint density at radius 3 is 2.37 bits per heavy atom. The van der Waals surface area contributed by atoms with E-state index in [-0.39, 0.29) is 12.6 Å². The Labute approximate surface area is 179 Å². The van der Waals surface area contributed by atoms with Crippen molar-refractivity contribution in [2.75, 3.05) is 13.2 Å². The molecule has 0 saturated heterocycles. The standard InChI is InChI=1S/C24H30N2O3S/c1-18-9-12-20(13-10-18)16-29-17-21(6-5-15-25)26-30(27,28)24-14-11-19(2)22-7-3-4-8-23(22)24/h3-4,7-14,21,26H,5-6,15-17,25H2,1-2H3/t21-/m0/s1. The van der Waals surface area contributed by atoms with Gasteiger partial charge in [-0.05, 0) is 55.8 Å². The van der Waals surface area contributed by atoms with Crippen molar-refractivity contribution in [3.8, 4) is 0 Å². The number of rotatable bonds is 10. The summed E-state index contributed by atoms with van der Waals surface area (Å²) < 4.78 is 35.1. The van der Waals surface area contributed by atoms with Crippen molar-refractivity contribution in [3.05, 3.63) is 77.4 Å². The third-order valence-corrected chi connectivity index (χ3v) is 6.76. The van der Waals surface area contributed by atoms with Crippen molar-refractivity contribution in [3.63, 3.8) is 0 Å². The zero-order valence-electron chi connectivity index (χ0n) is 17.6. The fourth-order valence-corrected chi connectivity index (χ4v) is 4.95. The van der Waals surface area contributed by atoms with E-state index in [0.717, 1.165) is 28.3 Å². The molecule has 6 heteroatoms. The molecule has 0 amide bonds. The van der Waals surface area contributed by atoms with E-state index in [1.54, 1.807) is 6.07 Å². The lowest BCUT2D eigenvalue weighted by atomic mass is 10.1. The van der Waals surface area contributed by atoms with Gasteiger partial charge in [0, 0.05) is 11.4 Å². The van der Waals surface area contributed by atoms with Crippen LogP contribution < -0.4 is 10.5 Å². The van der Waals surface area contributed by atoms with Crippen LogP contribution in [-0.4, -0.2) is 27.6 Å². The normalized spacial score (nSPS) is 12.9. The van der Waals surface area contributed by atoms with Crippen LogP contribution in [0.15, 0.2) is 65.6 Å². The zero-order valence-corrected chi connectivity index (χ0v) is 18.4. The molecule has 0 radical (unpaired) electrons. The van der Waals surface area contributed by atoms with Gasteiger partial charge < -0.3 is 10.5 Å². The second kappa shape index (κ2) is 10.2. The van der Waals surface area contributed by atoms with Crippen molar-refractivity contribution in [2.24, 2.45) is 5.73 Å². The van der Waals surface area contributed by atoms with E-state index in [1.165, 1.54) is 5.56 Å². The van der Waals surface area contributed by atoms with Gasteiger partial charge in [0.05, 0.1) is 18.1 Å². The zero-order chi connectivity index (χ0) is 21.6. The van der Waals surface area contributed by atoms with Crippen LogP contribution in [-0.2, 0) is 21.4 Å². The Bertz CT molecular complexity index is 1080. The molecular formula is C24H30N2O3S. The minimum atomic E-state index is -3.70. The highest BCUT2D eigenvalue weighted by atomic mass is 32.2. The first kappa shape index (κ1) is 22.4. The smallest absolute Gasteiger partial charge is 0.241 e. The maximum absolute atomic E-state index is 13.2. The van der Waals surface area contributed by atoms with Gasteiger partial charge in [-0.15, -0.1) is 0 Å². The predicted octanol–water partition coefficient (Wildman–Crippen LogP) is 4.06. The number of ether oxygens (including phenoxy) is 1. The number of nitrogens with one attached hydrogen (secondary N) is 1. The molecule has 3 rings (SSSR count). The molecule has 5 nitrogen and oxygen atoms in total. The van der Waals surface area contributed by atoms with Gasteiger partial charge in [0.15, 0.2) is 0 Å². The Morgan fingerprint density at radius 2 is 1.67 bits per heavy atom. The van der Waals surface area contributed by atoms with Crippen LogP contribution in [0.4, 0.5) is 0 Å². The first-order valence-corrected chi connectivity index (χ1v) is 11.7. The molecule has 0 aromatic heterocycles. The summed E-state index contributed by atoms with van der Waals surface area (Å²) in [6.07, 6.45) is 1.34. The Hall–Kier alpha value is -2.25. The molecule has 0 fully saturated rings. The highest BCUT2D eigenvalue weighted by molar-refractivity contribution is 7.89. The number of nitrogens with two attached hydrogens (primary N) is 1. The average molecular weight is 427 g/mol. The van der Waals surface area contributed by atoms with Gasteiger partial charge in [-0.25, -0.2) is 13.1 Å². The second-order valence-corrected chi connectivity index (χ2v) is 9.36. The fourth-order valence-electron chi connectivity index (χ4n) is 3.48. The lowest BCUT2D eigenvalue weighted by molar-refractivity contribution is 0.102. The van der Waals surface area contributed by atoms with Gasteiger partial charge in [0.1, 0.15) is 0 Å². The summed E-state index contributed by atoms with van der Waals surface area (Å²) >= 11 is 0. The molecule has 0 saturated carbocycles. The third kappa shape index (κ3) is 5.67. The quantitative estimate of drug-likeness (QED) is 0.512. The summed E-state index contributed by atoms with van der Waals surface area (Å²) in [6, 6.07) is 18.9. The molecule has 1 atom stereocenters. The van der Waals surface area contributed by atoms with E-state index < -0.39 is 10.0 Å². The van der Waals surface area contributed by atoms with Gasteiger partial charge in [-0.1, -0.05) is 60.2 Å². The highest BCUT2D eigenvalue weighted by Crippen LogP contribution is 2.26. The van der Waals surface area contributed by atoms with Crippen LogP contribution in [0.3, 0.4) is 0 Å². The monoisotopic (exact) mass is 426 g/mol. The lowest BCUT2D eigenvalue weighted by Crippen LogP contribution is -2.38. The van der Waals surface area contributed by atoms with Crippen molar-refractivity contribution >= 4 is 20.8 Å². The number of hydrogen-bond donors (Lipinski definition) is 2. The van der Waals surface area contributed by atoms with Crippen molar-refractivity contribution in [2.45, 2.75) is 44.2 Å². The van der Waals surface area contributed by atoms with Crippen molar-refractivity contribution in [1.82, 2.24) is 4.72 Å². The predicted molar refractivity (Wildman–Crippen MR) is 122 cm³/mol. The van der Waals surface area contributed by atoms with Crippen LogP contribution in [0.1, 0.15) is 29.5 Å². The fraction of sp³-hybridized carbons (Fsp3) is 0.333. The summed E-state index contributed by atoms with van der Waals surface area (Å²) in [7, 11) is -3.70. The minimum absolute atomic E-state index is 0.289. The minimum Gasteiger partial charge on any atom is -0.375 e. The maximum Gasteiger partial charge on any atom is 0.241 e. The number of sulfonamides is 1. The van der Waals surface area contributed by atoms with Crippen LogP contribution in [0.5, 0.6) is 0 Å². The summed E-state index contributed by atoms with van der Waals surface area (Å²) in [5, 5.41) is 1.66. The van der Waals surface area contributed by atoms with Gasteiger partial charge in [0.25, 0.3) is 0 Å². The summed E-state index contributed by atoms with van der Waals surface area (Å²) in [6.45, 7) is 5.25. The molecule has 0 aliphatic carbocycles. The van der Waals surface area contributed by atoms with E-state index in [1.807, 2.05) is 68.4 Å². The molecule has 3 aromatic carbocycles. The molecule has 0 heterocycles. The SMILES string of the molecule is Cc1ccc(COC[C@H](CCCN)NS(=O)(=O)c2ccc(C)c3ccccc23)cc1. The molecule has 0 aliphatic heterocycles. The van der Waals surface area contributed by atoms with Crippen molar-refractivity contribution in [1.29, 1.82) is 0 Å². The van der Waals surface area contributed by atoms with Crippen molar-refractivity contribution < 1.29 is 13.2 Å². The first-order chi connectivity index (χ1) is 14.4. The Kier molecular flexibility index (Phi) is 7.61. The average Bonchev–Trinajstić information content (AvgIpc) is 2.73. The number of fused-ring (bicyclic) bond motifs is 1. The molecule has 3 N–H and O–H groups in total. The van der Waals surface area contributed by atoms with Gasteiger partial charge in [-0.3, -0.25) is 0 Å². The highest BCUT2D eigenvalue weighted by Gasteiger charge is 2.22. The molecular weight excluding hydrogens is 396 g/mol. The summed E-state index contributed by atoms with van der Waals surface area (Å²) in [4.78, 5) is 0.292. The summed E-state index contributed by atoms with van der Waals surface area (Å²) in [5.41, 5.74) is 8.96. The molecule has 30 heavy (non-hydrogen) atoms. The lowest BCUT2D eigenvalue weighted by Gasteiger charge is -2.20. The molecule has 0 aliphatic rings. The molecule has 160 valence electrons. The largest absolute Gasteiger partial charge is 0.375 e. The van der Waals surface area contributed by atoms with Crippen LogP contribution in [0.25, 0.3) is 10.8 Å². The van der Waals surface area contributed by atoms with E-state index in [2.05, 4.69) is 4.72 Å². The number of aryl methyl sites for hydroxylation is 2. The van der Waals surface area contributed by atoms with Gasteiger partial charge >= 0.3 is 0 Å². The van der Waals surface area contributed by atoms with E-state index in [0.29, 0.717) is 24.5 Å². The number of hydrogen-bond acceptors (Lipinski definition) is 4. The second-order valence-electron chi connectivity index (χ2n) is 7.68. The van der Waals surface area contributed by atoms with Crippen LogP contribution in [0.2, 0.25) is 0 Å².